The van der Waals surface area contributed by atoms with Gasteiger partial charge in [-0.15, -0.1) is 0 Å². The highest BCUT2D eigenvalue weighted by Gasteiger charge is 2.29. The van der Waals surface area contributed by atoms with Crippen LogP contribution in [-0.4, -0.2) is 48.0 Å². The molecule has 3 aromatic rings. The zero-order valence-corrected chi connectivity index (χ0v) is 17.2. The van der Waals surface area contributed by atoms with Gasteiger partial charge in [0.1, 0.15) is 17.0 Å². The van der Waals surface area contributed by atoms with Gasteiger partial charge in [-0.25, -0.2) is 0 Å². The average Bonchev–Trinajstić information content (AvgIpc) is 3.15. The third-order valence-electron chi connectivity index (χ3n) is 5.29. The molecule has 0 saturated carbocycles. The van der Waals surface area contributed by atoms with Crippen molar-refractivity contribution in [3.05, 3.63) is 70.4 Å². The number of anilines is 1. The van der Waals surface area contributed by atoms with Crippen molar-refractivity contribution >= 4 is 29.1 Å². The van der Waals surface area contributed by atoms with Crippen LogP contribution in [0.15, 0.2) is 53.1 Å². The Bertz CT molecular complexity index is 1090. The van der Waals surface area contributed by atoms with E-state index in [2.05, 4.69) is 10.1 Å². The number of nitrogens with two attached hydrogens (primary N) is 1. The maximum absolute atomic E-state index is 13.3. The predicted octanol–water partition coefficient (Wildman–Crippen LogP) is 3.36. The van der Waals surface area contributed by atoms with Crippen LogP contribution in [-0.2, 0) is 0 Å². The molecule has 1 aromatic heterocycles. The van der Waals surface area contributed by atoms with Gasteiger partial charge in [0.05, 0.1) is 5.02 Å². The standard InChI is InChI=1S/C22H21ClN4O3/c1-14-19(20(25-30-14)17-4-2-3-5-18(17)23)22(29)27-12-10-26(11-13-27)16-8-6-15(7-9-16)21(24)28/h2-9H,10-13H2,1H3,(H2,24,28). The van der Waals surface area contributed by atoms with Gasteiger partial charge in [0.2, 0.25) is 5.91 Å². The number of carbonyl (C=O) groups excluding carboxylic acids is 2. The van der Waals surface area contributed by atoms with Gasteiger partial charge in [-0.05, 0) is 37.3 Å². The molecule has 1 fully saturated rings. The summed E-state index contributed by atoms with van der Waals surface area (Å²) in [5, 5.41) is 4.61. The molecule has 0 radical (unpaired) electrons. The number of rotatable bonds is 4. The van der Waals surface area contributed by atoms with Crippen molar-refractivity contribution in [1.29, 1.82) is 0 Å². The van der Waals surface area contributed by atoms with Gasteiger partial charge >= 0.3 is 0 Å². The van der Waals surface area contributed by atoms with Gasteiger partial charge < -0.3 is 20.1 Å². The van der Waals surface area contributed by atoms with Gasteiger partial charge in [0.25, 0.3) is 5.91 Å². The molecule has 2 amide bonds. The number of hydrogen-bond donors (Lipinski definition) is 1. The molecule has 154 valence electrons. The first-order valence-corrected chi connectivity index (χ1v) is 9.99. The zero-order valence-electron chi connectivity index (χ0n) is 16.5. The number of nitrogens with zero attached hydrogens (tertiary/aromatic N) is 3. The molecular formula is C22H21ClN4O3. The monoisotopic (exact) mass is 424 g/mol. The van der Waals surface area contributed by atoms with Crippen molar-refractivity contribution in [3.63, 3.8) is 0 Å². The molecule has 30 heavy (non-hydrogen) atoms. The Balaban J connectivity index is 1.50. The van der Waals surface area contributed by atoms with Gasteiger partial charge in [0, 0.05) is 43.0 Å². The van der Waals surface area contributed by atoms with E-state index in [1.54, 1.807) is 30.0 Å². The fourth-order valence-electron chi connectivity index (χ4n) is 3.62. The molecule has 4 rings (SSSR count). The van der Waals surface area contributed by atoms with E-state index < -0.39 is 5.91 Å². The zero-order chi connectivity index (χ0) is 21.3. The molecule has 1 saturated heterocycles. The highest BCUT2D eigenvalue weighted by atomic mass is 35.5. The lowest BCUT2D eigenvalue weighted by molar-refractivity contribution is 0.0745. The van der Waals surface area contributed by atoms with Crippen molar-refractivity contribution in [2.45, 2.75) is 6.92 Å². The molecule has 2 N–H and O–H groups in total. The lowest BCUT2D eigenvalue weighted by Crippen LogP contribution is -2.49. The van der Waals surface area contributed by atoms with Gasteiger partial charge in [0.15, 0.2) is 0 Å². The second kappa shape index (κ2) is 8.20. The highest BCUT2D eigenvalue weighted by Crippen LogP contribution is 2.32. The van der Waals surface area contributed by atoms with Crippen molar-refractivity contribution in [2.75, 3.05) is 31.1 Å². The highest BCUT2D eigenvalue weighted by molar-refractivity contribution is 6.33. The lowest BCUT2D eigenvalue weighted by Gasteiger charge is -2.36. The molecule has 0 aliphatic carbocycles. The minimum atomic E-state index is -0.449. The van der Waals surface area contributed by atoms with E-state index in [1.165, 1.54) is 0 Å². The molecular weight excluding hydrogens is 404 g/mol. The van der Waals surface area contributed by atoms with E-state index >= 15 is 0 Å². The van der Waals surface area contributed by atoms with Crippen LogP contribution < -0.4 is 10.6 Å². The number of primary amides is 1. The van der Waals surface area contributed by atoms with E-state index in [0.29, 0.717) is 59.3 Å². The molecule has 1 aliphatic rings. The first kappa shape index (κ1) is 20.0. The van der Waals surface area contributed by atoms with Crippen molar-refractivity contribution in [1.82, 2.24) is 10.1 Å². The molecule has 0 spiro atoms. The predicted molar refractivity (Wildman–Crippen MR) is 115 cm³/mol. The fraction of sp³-hybridized carbons (Fsp3) is 0.227. The van der Waals surface area contributed by atoms with Crippen LogP contribution in [0.5, 0.6) is 0 Å². The lowest BCUT2D eigenvalue weighted by atomic mass is 10.0. The minimum absolute atomic E-state index is 0.118. The summed E-state index contributed by atoms with van der Waals surface area (Å²) in [4.78, 5) is 28.5. The Labute approximate surface area is 179 Å². The number of hydrogen-bond acceptors (Lipinski definition) is 5. The number of aromatic nitrogens is 1. The molecule has 7 nitrogen and oxygen atoms in total. The van der Waals surface area contributed by atoms with Crippen LogP contribution >= 0.6 is 11.6 Å². The van der Waals surface area contributed by atoms with Gasteiger partial charge in [-0.1, -0.05) is 35.0 Å². The largest absolute Gasteiger partial charge is 0.368 e. The maximum atomic E-state index is 13.3. The van der Waals surface area contributed by atoms with Crippen molar-refractivity contribution in [2.24, 2.45) is 5.73 Å². The van der Waals surface area contributed by atoms with Crippen LogP contribution in [0.4, 0.5) is 5.69 Å². The third-order valence-corrected chi connectivity index (χ3v) is 5.62. The fourth-order valence-corrected chi connectivity index (χ4v) is 3.85. The van der Waals surface area contributed by atoms with Crippen molar-refractivity contribution < 1.29 is 14.1 Å². The Morgan fingerprint density at radius 1 is 1.03 bits per heavy atom. The van der Waals surface area contributed by atoms with Crippen LogP contribution in [0, 0.1) is 6.92 Å². The topological polar surface area (TPSA) is 92.7 Å². The van der Waals surface area contributed by atoms with Crippen LogP contribution in [0.1, 0.15) is 26.5 Å². The van der Waals surface area contributed by atoms with Crippen molar-refractivity contribution in [3.8, 4) is 11.3 Å². The Kier molecular flexibility index (Phi) is 5.46. The second-order valence-electron chi connectivity index (χ2n) is 7.13. The first-order chi connectivity index (χ1) is 14.5. The summed E-state index contributed by atoms with van der Waals surface area (Å²) in [5.74, 6) is -0.0952. The van der Waals surface area contributed by atoms with E-state index in [4.69, 9.17) is 21.9 Å². The van der Waals surface area contributed by atoms with Gasteiger partial charge in [-0.2, -0.15) is 0 Å². The summed E-state index contributed by atoms with van der Waals surface area (Å²) < 4.78 is 5.33. The Hall–Kier alpha value is -3.32. The summed E-state index contributed by atoms with van der Waals surface area (Å²) in [6, 6.07) is 14.4. The number of aryl methyl sites for hydroxylation is 1. The molecule has 2 aromatic carbocycles. The van der Waals surface area contributed by atoms with Gasteiger partial charge in [-0.3, -0.25) is 9.59 Å². The molecule has 0 bridgehead atoms. The van der Waals surface area contributed by atoms with Crippen LogP contribution in [0.3, 0.4) is 0 Å². The quantitative estimate of drug-likeness (QED) is 0.693. The Morgan fingerprint density at radius 2 is 1.70 bits per heavy atom. The number of carbonyl (C=O) groups is 2. The third kappa shape index (κ3) is 3.76. The van der Waals surface area contributed by atoms with E-state index in [9.17, 15) is 9.59 Å². The van der Waals surface area contributed by atoms with Crippen LogP contribution in [0.2, 0.25) is 5.02 Å². The molecule has 0 unspecified atom stereocenters. The van der Waals surface area contributed by atoms with E-state index in [-0.39, 0.29) is 5.91 Å². The number of halogens is 1. The molecule has 1 aliphatic heterocycles. The average molecular weight is 425 g/mol. The SMILES string of the molecule is Cc1onc(-c2ccccc2Cl)c1C(=O)N1CCN(c2ccc(C(N)=O)cc2)CC1. The van der Waals surface area contributed by atoms with Crippen LogP contribution in [0.25, 0.3) is 11.3 Å². The minimum Gasteiger partial charge on any atom is -0.368 e. The summed E-state index contributed by atoms with van der Waals surface area (Å²) in [5.41, 5.74) is 8.35. The van der Waals surface area contributed by atoms with E-state index in [0.717, 1.165) is 5.69 Å². The molecule has 8 heteroatoms. The summed E-state index contributed by atoms with van der Waals surface area (Å²) in [6.45, 7) is 4.20. The second-order valence-corrected chi connectivity index (χ2v) is 7.54. The summed E-state index contributed by atoms with van der Waals surface area (Å²) in [7, 11) is 0. The van der Waals surface area contributed by atoms with E-state index in [1.807, 2.05) is 30.3 Å². The summed E-state index contributed by atoms with van der Waals surface area (Å²) >= 11 is 6.31. The Morgan fingerprint density at radius 3 is 2.33 bits per heavy atom. The number of benzene rings is 2. The number of piperazine rings is 1. The summed E-state index contributed by atoms with van der Waals surface area (Å²) in [6.07, 6.45) is 0. The molecule has 2 heterocycles. The number of amides is 2. The molecule has 0 atom stereocenters. The first-order valence-electron chi connectivity index (χ1n) is 9.61. The smallest absolute Gasteiger partial charge is 0.259 e. The maximum Gasteiger partial charge on any atom is 0.259 e. The normalized spacial score (nSPS) is 14.1.